The third-order valence-electron chi connectivity index (χ3n) is 2.32. The fourth-order valence-electron chi connectivity index (χ4n) is 1.42. The largest absolute Gasteiger partial charge is 0.419 e. The van der Waals surface area contributed by atoms with Crippen molar-refractivity contribution in [2.45, 2.75) is 18.5 Å². The molecule has 0 bridgehead atoms. The van der Waals surface area contributed by atoms with E-state index >= 15 is 0 Å². The molecule has 1 aromatic heterocycles. The van der Waals surface area contributed by atoms with Crippen LogP contribution in [0.25, 0.3) is 11.5 Å². The summed E-state index contributed by atoms with van der Waals surface area (Å²) in [5.41, 5.74) is -1.80. The van der Waals surface area contributed by atoms with Gasteiger partial charge in [0.25, 0.3) is 5.89 Å². The zero-order chi connectivity index (χ0) is 14.2. The van der Waals surface area contributed by atoms with Crippen molar-refractivity contribution >= 4 is 11.6 Å². The first-order valence-electron chi connectivity index (χ1n) is 5.14. The molecule has 102 valence electrons. The summed E-state index contributed by atoms with van der Waals surface area (Å²) in [7, 11) is 0. The van der Waals surface area contributed by atoms with Crippen molar-refractivity contribution in [1.82, 2.24) is 10.2 Å². The average molecular weight is 295 g/mol. The Morgan fingerprint density at radius 1 is 1.26 bits per heavy atom. The van der Waals surface area contributed by atoms with Crippen LogP contribution in [0, 0.1) is 5.82 Å². The molecule has 0 radical (unpaired) electrons. The van der Waals surface area contributed by atoms with Crippen molar-refractivity contribution in [1.29, 1.82) is 0 Å². The van der Waals surface area contributed by atoms with E-state index in [1.54, 1.807) is 6.92 Å². The van der Waals surface area contributed by atoms with Crippen LogP contribution in [0.1, 0.15) is 23.8 Å². The number of hydrogen-bond acceptors (Lipinski definition) is 3. The van der Waals surface area contributed by atoms with Crippen molar-refractivity contribution < 1.29 is 22.0 Å². The highest BCUT2D eigenvalue weighted by Crippen LogP contribution is 2.35. The Hall–Kier alpha value is -1.63. The molecule has 19 heavy (non-hydrogen) atoms. The van der Waals surface area contributed by atoms with Crippen LogP contribution < -0.4 is 0 Å². The lowest BCUT2D eigenvalue weighted by atomic mass is 10.1. The maximum absolute atomic E-state index is 13.8. The summed E-state index contributed by atoms with van der Waals surface area (Å²) in [5, 5.41) is 6.40. The minimum Gasteiger partial charge on any atom is -0.419 e. The lowest BCUT2D eigenvalue weighted by molar-refractivity contribution is -0.139. The highest BCUT2D eigenvalue weighted by atomic mass is 35.5. The Labute approximate surface area is 110 Å². The molecule has 1 heterocycles. The number of alkyl halides is 4. The zero-order valence-corrected chi connectivity index (χ0v) is 10.3. The summed E-state index contributed by atoms with van der Waals surface area (Å²) in [5.74, 6) is -1.79. The molecular formula is C11H7ClF4N2O. The molecule has 2 rings (SSSR count). The van der Waals surface area contributed by atoms with Gasteiger partial charge in [0.05, 0.1) is 11.1 Å². The van der Waals surface area contributed by atoms with Gasteiger partial charge in [-0.1, -0.05) is 6.07 Å². The molecular weight excluding hydrogens is 288 g/mol. The summed E-state index contributed by atoms with van der Waals surface area (Å²) in [6.45, 7) is 1.54. The second kappa shape index (κ2) is 4.80. The standard InChI is InChI=1S/C11H7ClF4N2O/c1-5(12)9-17-18-10(19-9)6-3-2-4-7(8(6)13)11(14,15)16/h2-5H,1H3. The number of halogens is 5. The number of benzene rings is 1. The second-order valence-corrected chi connectivity index (χ2v) is 4.38. The molecule has 1 unspecified atom stereocenters. The molecule has 2 aromatic rings. The molecule has 0 aliphatic carbocycles. The van der Waals surface area contributed by atoms with Gasteiger partial charge in [0.1, 0.15) is 11.2 Å². The van der Waals surface area contributed by atoms with E-state index in [1.165, 1.54) is 0 Å². The summed E-state index contributed by atoms with van der Waals surface area (Å²) >= 11 is 5.68. The van der Waals surface area contributed by atoms with E-state index in [0.29, 0.717) is 6.07 Å². The molecule has 0 aliphatic heterocycles. The van der Waals surface area contributed by atoms with Gasteiger partial charge in [-0.25, -0.2) is 4.39 Å². The summed E-state index contributed by atoms with van der Waals surface area (Å²) in [6, 6.07) is 2.83. The molecule has 0 amide bonds. The third-order valence-corrected chi connectivity index (χ3v) is 2.50. The van der Waals surface area contributed by atoms with Crippen LogP contribution in [-0.2, 0) is 6.18 Å². The van der Waals surface area contributed by atoms with E-state index in [-0.39, 0.29) is 11.8 Å². The van der Waals surface area contributed by atoms with Crippen molar-refractivity contribution in [3.8, 4) is 11.5 Å². The van der Waals surface area contributed by atoms with Crippen molar-refractivity contribution in [3.63, 3.8) is 0 Å². The van der Waals surface area contributed by atoms with Crippen LogP contribution in [0.5, 0.6) is 0 Å². The van der Waals surface area contributed by atoms with Crippen LogP contribution in [-0.4, -0.2) is 10.2 Å². The van der Waals surface area contributed by atoms with Gasteiger partial charge in [-0.05, 0) is 19.1 Å². The molecule has 1 atom stereocenters. The Morgan fingerprint density at radius 2 is 1.95 bits per heavy atom. The van der Waals surface area contributed by atoms with Gasteiger partial charge in [-0.15, -0.1) is 21.8 Å². The zero-order valence-electron chi connectivity index (χ0n) is 9.50. The number of nitrogens with zero attached hydrogens (tertiary/aromatic N) is 2. The Morgan fingerprint density at radius 3 is 2.47 bits per heavy atom. The number of aromatic nitrogens is 2. The van der Waals surface area contributed by atoms with E-state index in [0.717, 1.165) is 12.1 Å². The summed E-state index contributed by atoms with van der Waals surface area (Å²) in [4.78, 5) is 0. The lowest BCUT2D eigenvalue weighted by Gasteiger charge is -2.09. The van der Waals surface area contributed by atoms with Crippen LogP contribution in [0.15, 0.2) is 22.6 Å². The van der Waals surface area contributed by atoms with Crippen LogP contribution in [0.4, 0.5) is 17.6 Å². The maximum atomic E-state index is 13.8. The van der Waals surface area contributed by atoms with E-state index in [2.05, 4.69) is 10.2 Å². The second-order valence-electron chi connectivity index (χ2n) is 3.73. The average Bonchev–Trinajstić information content (AvgIpc) is 2.77. The molecule has 1 aromatic carbocycles. The molecule has 8 heteroatoms. The van der Waals surface area contributed by atoms with Gasteiger partial charge in [-0.2, -0.15) is 13.2 Å². The van der Waals surface area contributed by atoms with Crippen LogP contribution in [0.3, 0.4) is 0 Å². The minimum absolute atomic E-state index is 0.00785. The summed E-state index contributed by atoms with van der Waals surface area (Å²) < 4.78 is 56.5. The highest BCUT2D eigenvalue weighted by molar-refractivity contribution is 6.20. The van der Waals surface area contributed by atoms with Gasteiger partial charge in [0.2, 0.25) is 5.89 Å². The first-order valence-corrected chi connectivity index (χ1v) is 5.58. The van der Waals surface area contributed by atoms with Crippen molar-refractivity contribution in [3.05, 3.63) is 35.5 Å². The normalized spacial score (nSPS) is 13.6. The summed E-state index contributed by atoms with van der Waals surface area (Å²) in [6.07, 6.45) is -4.79. The van der Waals surface area contributed by atoms with Gasteiger partial charge in [0.15, 0.2) is 0 Å². The SMILES string of the molecule is CC(Cl)c1nnc(-c2cccc(C(F)(F)F)c2F)o1. The molecule has 0 saturated heterocycles. The Balaban J connectivity index is 2.51. The Bertz CT molecular complexity index is 595. The van der Waals surface area contributed by atoms with E-state index in [4.69, 9.17) is 16.0 Å². The van der Waals surface area contributed by atoms with E-state index < -0.39 is 28.5 Å². The van der Waals surface area contributed by atoms with Gasteiger partial charge >= 0.3 is 6.18 Å². The first-order chi connectivity index (χ1) is 8.80. The van der Waals surface area contributed by atoms with E-state index in [1.807, 2.05) is 0 Å². The van der Waals surface area contributed by atoms with Crippen LogP contribution >= 0.6 is 11.6 Å². The van der Waals surface area contributed by atoms with Crippen molar-refractivity contribution in [2.24, 2.45) is 0 Å². The molecule has 0 spiro atoms. The maximum Gasteiger partial charge on any atom is 0.419 e. The third kappa shape index (κ3) is 2.70. The van der Waals surface area contributed by atoms with Crippen molar-refractivity contribution in [2.75, 3.05) is 0 Å². The fourth-order valence-corrected chi connectivity index (χ4v) is 1.51. The topological polar surface area (TPSA) is 38.9 Å². The monoisotopic (exact) mass is 294 g/mol. The van der Waals surface area contributed by atoms with Gasteiger partial charge < -0.3 is 4.42 Å². The number of hydrogen-bond donors (Lipinski definition) is 0. The smallest absolute Gasteiger partial charge is 0.419 e. The molecule has 3 nitrogen and oxygen atoms in total. The Kier molecular flexibility index (Phi) is 3.49. The number of rotatable bonds is 2. The molecule has 0 N–H and O–H groups in total. The quantitative estimate of drug-likeness (QED) is 0.615. The van der Waals surface area contributed by atoms with Crippen LogP contribution in [0.2, 0.25) is 0 Å². The molecule has 0 aliphatic rings. The predicted octanol–water partition coefficient (Wildman–Crippen LogP) is 4.19. The lowest BCUT2D eigenvalue weighted by Crippen LogP contribution is -2.08. The minimum atomic E-state index is -4.79. The van der Waals surface area contributed by atoms with Gasteiger partial charge in [-0.3, -0.25) is 0 Å². The molecule has 0 saturated carbocycles. The van der Waals surface area contributed by atoms with E-state index in [9.17, 15) is 17.6 Å². The molecule has 0 fully saturated rings. The first kappa shape index (κ1) is 13.8. The highest BCUT2D eigenvalue weighted by Gasteiger charge is 2.35. The van der Waals surface area contributed by atoms with Gasteiger partial charge in [0, 0.05) is 0 Å². The predicted molar refractivity (Wildman–Crippen MR) is 59.0 cm³/mol. The fraction of sp³-hybridized carbons (Fsp3) is 0.273.